The fourth-order valence-corrected chi connectivity index (χ4v) is 4.37. The van der Waals surface area contributed by atoms with Gasteiger partial charge in [0.2, 0.25) is 0 Å². The summed E-state index contributed by atoms with van der Waals surface area (Å²) in [4.78, 5) is 26.4. The largest absolute Gasteiger partial charge is 0.444 e. The van der Waals surface area contributed by atoms with Crippen molar-refractivity contribution in [2.75, 3.05) is 5.32 Å². The van der Waals surface area contributed by atoms with Gasteiger partial charge in [-0.25, -0.2) is 4.79 Å². The number of amides is 1. The van der Waals surface area contributed by atoms with Gasteiger partial charge >= 0.3 is 6.09 Å². The van der Waals surface area contributed by atoms with Crippen molar-refractivity contribution in [1.82, 2.24) is 0 Å². The highest BCUT2D eigenvalue weighted by Gasteiger charge is 2.29. The van der Waals surface area contributed by atoms with Crippen LogP contribution in [0.15, 0.2) is 24.3 Å². The predicted molar refractivity (Wildman–Crippen MR) is 101 cm³/mol. The number of aryl methyl sites for hydroxylation is 1. The average molecular weight is 378 g/mol. The molecule has 0 saturated carbocycles. The molecule has 0 unspecified atom stereocenters. The number of carbonyl (C=O) groups excluding carboxylic acids is 2. The van der Waals surface area contributed by atoms with Crippen LogP contribution in [0.3, 0.4) is 0 Å². The molecule has 1 aromatic heterocycles. The molecule has 0 spiro atoms. The van der Waals surface area contributed by atoms with Gasteiger partial charge in [0, 0.05) is 15.5 Å². The Morgan fingerprint density at radius 2 is 2.00 bits per heavy atom. The molecule has 0 atom stereocenters. The second-order valence-corrected chi connectivity index (χ2v) is 8.57. The third-order valence-electron chi connectivity index (χ3n) is 3.85. The smallest absolute Gasteiger partial charge is 0.412 e. The molecule has 2 aromatic rings. The van der Waals surface area contributed by atoms with Crippen LogP contribution < -0.4 is 5.32 Å². The lowest BCUT2D eigenvalue weighted by Crippen LogP contribution is -2.27. The summed E-state index contributed by atoms with van der Waals surface area (Å²) in [5.74, 6) is -0.118. The summed E-state index contributed by atoms with van der Waals surface area (Å²) in [5, 5.41) is 3.84. The molecule has 6 heteroatoms. The lowest BCUT2D eigenvalue weighted by atomic mass is 10.0. The fraction of sp³-hybridized carbons (Fsp3) is 0.368. The standard InChI is InChI=1S/C19H20ClNO3S/c1-19(2,3)24-18(23)21-17-15(13-8-5-9-14(13)25-17)16(22)11-6-4-7-12(20)10-11/h4,6-7,10H,5,8-9H2,1-3H3,(H,21,23). The van der Waals surface area contributed by atoms with E-state index in [0.29, 0.717) is 21.2 Å². The maximum atomic E-state index is 13.1. The van der Waals surface area contributed by atoms with Crippen molar-refractivity contribution in [3.05, 3.63) is 50.9 Å². The van der Waals surface area contributed by atoms with Crippen molar-refractivity contribution >= 4 is 39.8 Å². The Balaban J connectivity index is 1.95. The molecule has 3 rings (SSSR count). The molecule has 132 valence electrons. The molecular formula is C19H20ClNO3S. The number of halogens is 1. The first kappa shape index (κ1) is 18.0. The average Bonchev–Trinajstić information content (AvgIpc) is 3.05. The predicted octanol–water partition coefficient (Wildman–Crippen LogP) is 5.47. The van der Waals surface area contributed by atoms with Crippen molar-refractivity contribution in [2.45, 2.75) is 45.6 Å². The van der Waals surface area contributed by atoms with E-state index < -0.39 is 11.7 Å². The lowest BCUT2D eigenvalue weighted by molar-refractivity contribution is 0.0636. The van der Waals surface area contributed by atoms with E-state index in [-0.39, 0.29) is 5.78 Å². The molecule has 4 nitrogen and oxygen atoms in total. The van der Waals surface area contributed by atoms with E-state index in [1.807, 2.05) is 0 Å². The van der Waals surface area contributed by atoms with E-state index in [1.165, 1.54) is 11.3 Å². The molecule has 25 heavy (non-hydrogen) atoms. The van der Waals surface area contributed by atoms with Crippen LogP contribution in [-0.2, 0) is 17.6 Å². The molecule has 1 aliphatic rings. The summed E-state index contributed by atoms with van der Waals surface area (Å²) in [6.07, 6.45) is 2.27. The third kappa shape index (κ3) is 4.05. The normalized spacial score (nSPS) is 13.4. The number of ketones is 1. The van der Waals surface area contributed by atoms with Crippen molar-refractivity contribution in [1.29, 1.82) is 0 Å². The summed E-state index contributed by atoms with van der Waals surface area (Å²) in [7, 11) is 0. The minimum Gasteiger partial charge on any atom is -0.444 e. The minimum atomic E-state index is -0.596. The zero-order valence-corrected chi connectivity index (χ0v) is 16.0. The van der Waals surface area contributed by atoms with Crippen LogP contribution in [0.25, 0.3) is 0 Å². The molecule has 0 bridgehead atoms. The van der Waals surface area contributed by atoms with Gasteiger partial charge in [-0.2, -0.15) is 0 Å². The SMILES string of the molecule is CC(C)(C)OC(=O)Nc1sc2c(c1C(=O)c1cccc(Cl)c1)CCC2. The summed E-state index contributed by atoms with van der Waals surface area (Å²) >= 11 is 7.49. The van der Waals surface area contributed by atoms with Gasteiger partial charge in [0.15, 0.2) is 5.78 Å². The van der Waals surface area contributed by atoms with Crippen LogP contribution in [0.4, 0.5) is 9.80 Å². The zero-order valence-electron chi connectivity index (χ0n) is 14.4. The number of hydrogen-bond acceptors (Lipinski definition) is 4. The summed E-state index contributed by atoms with van der Waals surface area (Å²) in [6, 6.07) is 6.88. The van der Waals surface area contributed by atoms with E-state index in [2.05, 4.69) is 5.32 Å². The van der Waals surface area contributed by atoms with E-state index >= 15 is 0 Å². The van der Waals surface area contributed by atoms with Crippen LogP contribution in [0.5, 0.6) is 0 Å². The van der Waals surface area contributed by atoms with E-state index in [9.17, 15) is 9.59 Å². The first-order valence-corrected chi connectivity index (χ1v) is 9.39. The molecule has 1 heterocycles. The lowest BCUT2D eigenvalue weighted by Gasteiger charge is -2.19. The molecule has 1 aliphatic carbocycles. The minimum absolute atomic E-state index is 0.118. The van der Waals surface area contributed by atoms with Crippen LogP contribution in [0.2, 0.25) is 5.02 Å². The first-order chi connectivity index (χ1) is 11.7. The maximum Gasteiger partial charge on any atom is 0.412 e. The molecule has 0 radical (unpaired) electrons. The summed E-state index contributed by atoms with van der Waals surface area (Å²) in [5.41, 5.74) is 1.54. The maximum absolute atomic E-state index is 13.1. The van der Waals surface area contributed by atoms with E-state index in [0.717, 1.165) is 29.7 Å². The third-order valence-corrected chi connectivity index (χ3v) is 5.29. The van der Waals surface area contributed by atoms with Crippen LogP contribution in [0.1, 0.15) is 53.6 Å². The van der Waals surface area contributed by atoms with Crippen LogP contribution in [0, 0.1) is 0 Å². The molecule has 1 aromatic carbocycles. The number of nitrogens with one attached hydrogen (secondary N) is 1. The highest BCUT2D eigenvalue weighted by Crippen LogP contribution is 2.40. The number of benzene rings is 1. The Bertz CT molecular complexity index is 836. The van der Waals surface area contributed by atoms with Gasteiger partial charge < -0.3 is 4.74 Å². The van der Waals surface area contributed by atoms with Gasteiger partial charge in [0.05, 0.1) is 5.56 Å². The quantitative estimate of drug-likeness (QED) is 0.721. The first-order valence-electron chi connectivity index (χ1n) is 8.19. The summed E-state index contributed by atoms with van der Waals surface area (Å²) < 4.78 is 5.33. The van der Waals surface area contributed by atoms with Crippen molar-refractivity contribution in [3.63, 3.8) is 0 Å². The monoisotopic (exact) mass is 377 g/mol. The van der Waals surface area contributed by atoms with E-state index in [1.54, 1.807) is 45.0 Å². The van der Waals surface area contributed by atoms with Gasteiger partial charge in [-0.05, 0) is 57.7 Å². The number of fused-ring (bicyclic) bond motifs is 1. The van der Waals surface area contributed by atoms with Crippen molar-refractivity contribution in [2.24, 2.45) is 0 Å². The van der Waals surface area contributed by atoms with Gasteiger partial charge in [-0.1, -0.05) is 23.7 Å². The fourth-order valence-electron chi connectivity index (χ4n) is 2.90. The number of hydrogen-bond donors (Lipinski definition) is 1. The molecule has 1 N–H and O–H groups in total. The number of anilines is 1. The Morgan fingerprint density at radius 1 is 1.24 bits per heavy atom. The molecule has 0 saturated heterocycles. The van der Waals surface area contributed by atoms with Gasteiger partial charge in [-0.3, -0.25) is 10.1 Å². The van der Waals surface area contributed by atoms with Gasteiger partial charge in [0.1, 0.15) is 10.6 Å². The Morgan fingerprint density at radius 3 is 2.68 bits per heavy atom. The highest BCUT2D eigenvalue weighted by molar-refractivity contribution is 7.17. The highest BCUT2D eigenvalue weighted by atomic mass is 35.5. The number of ether oxygens (including phenoxy) is 1. The van der Waals surface area contributed by atoms with Gasteiger partial charge in [0.25, 0.3) is 0 Å². The van der Waals surface area contributed by atoms with Crippen LogP contribution in [-0.4, -0.2) is 17.5 Å². The topological polar surface area (TPSA) is 55.4 Å². The van der Waals surface area contributed by atoms with Crippen LogP contribution >= 0.6 is 22.9 Å². The Labute approximate surface area is 156 Å². The number of carbonyl (C=O) groups is 2. The molecular weight excluding hydrogens is 358 g/mol. The van der Waals surface area contributed by atoms with Gasteiger partial charge in [-0.15, -0.1) is 11.3 Å². The molecule has 0 fully saturated rings. The Kier molecular flexibility index (Phi) is 4.89. The second-order valence-electron chi connectivity index (χ2n) is 7.03. The zero-order chi connectivity index (χ0) is 18.2. The summed E-state index contributed by atoms with van der Waals surface area (Å²) in [6.45, 7) is 5.41. The van der Waals surface area contributed by atoms with Crippen molar-refractivity contribution < 1.29 is 14.3 Å². The Hall–Kier alpha value is -1.85. The van der Waals surface area contributed by atoms with E-state index in [4.69, 9.17) is 16.3 Å². The number of rotatable bonds is 3. The molecule has 0 aliphatic heterocycles. The molecule has 1 amide bonds. The second kappa shape index (κ2) is 6.81. The number of thiophene rings is 1. The van der Waals surface area contributed by atoms with Crippen molar-refractivity contribution in [3.8, 4) is 0 Å².